The molecule has 0 aliphatic carbocycles. The van der Waals surface area contributed by atoms with Crippen molar-refractivity contribution < 1.29 is 4.79 Å². The SMILES string of the molecule is Cc1nc(NC(=O)C2CCN(c3cc(-n4ccc5ccccc54)ncn3)CC2)sc1C. The smallest absolute Gasteiger partial charge is 0.229 e. The highest BCUT2D eigenvalue weighted by molar-refractivity contribution is 7.15. The number of carbonyl (C=O) groups excluding carboxylic acids is 1. The third kappa shape index (κ3) is 3.90. The second-order valence-electron chi connectivity index (χ2n) is 7.89. The van der Waals surface area contributed by atoms with Crippen molar-refractivity contribution in [2.75, 3.05) is 23.3 Å². The van der Waals surface area contributed by atoms with Gasteiger partial charge in [-0.2, -0.15) is 0 Å². The summed E-state index contributed by atoms with van der Waals surface area (Å²) in [5, 5.41) is 4.87. The standard InChI is InChI=1S/C23H24N6OS/c1-15-16(2)31-23(26-15)27-22(30)18-7-10-28(11-8-18)20-13-21(25-14-24-20)29-12-9-17-5-3-4-6-19(17)29/h3-6,9,12-14,18H,7-8,10-11H2,1-2H3,(H,26,27,30). The summed E-state index contributed by atoms with van der Waals surface area (Å²) in [5.41, 5.74) is 2.10. The molecule has 1 fully saturated rings. The Labute approximate surface area is 184 Å². The molecule has 1 N–H and O–H groups in total. The largest absolute Gasteiger partial charge is 0.356 e. The second-order valence-corrected chi connectivity index (χ2v) is 9.09. The van der Waals surface area contributed by atoms with E-state index in [2.05, 4.69) is 47.9 Å². The number of benzene rings is 1. The van der Waals surface area contributed by atoms with Gasteiger partial charge in [-0.15, -0.1) is 11.3 Å². The summed E-state index contributed by atoms with van der Waals surface area (Å²) < 4.78 is 2.08. The molecule has 1 aliphatic heterocycles. The third-order valence-corrected chi connectivity index (χ3v) is 6.92. The van der Waals surface area contributed by atoms with Gasteiger partial charge in [0, 0.05) is 36.1 Å². The topological polar surface area (TPSA) is 75.9 Å². The van der Waals surface area contributed by atoms with Gasteiger partial charge in [-0.1, -0.05) is 18.2 Å². The maximum atomic E-state index is 12.7. The van der Waals surface area contributed by atoms with Crippen LogP contribution in [0.25, 0.3) is 16.7 Å². The number of fused-ring (bicyclic) bond motifs is 1. The summed E-state index contributed by atoms with van der Waals surface area (Å²) in [7, 11) is 0. The average molecular weight is 433 g/mol. The van der Waals surface area contributed by atoms with Crippen LogP contribution in [0.2, 0.25) is 0 Å². The summed E-state index contributed by atoms with van der Waals surface area (Å²) in [6.07, 6.45) is 5.24. The number of hydrogen-bond acceptors (Lipinski definition) is 6. The number of carbonyl (C=O) groups is 1. The zero-order chi connectivity index (χ0) is 21.4. The number of hydrogen-bond donors (Lipinski definition) is 1. The van der Waals surface area contributed by atoms with Crippen LogP contribution in [0.4, 0.5) is 10.9 Å². The Morgan fingerprint density at radius 2 is 1.87 bits per heavy atom. The number of rotatable bonds is 4. The van der Waals surface area contributed by atoms with Crippen molar-refractivity contribution in [2.45, 2.75) is 26.7 Å². The van der Waals surface area contributed by atoms with E-state index in [1.54, 1.807) is 6.33 Å². The van der Waals surface area contributed by atoms with E-state index in [0.29, 0.717) is 5.13 Å². The van der Waals surface area contributed by atoms with E-state index in [-0.39, 0.29) is 11.8 Å². The monoisotopic (exact) mass is 432 g/mol. The third-order valence-electron chi connectivity index (χ3n) is 5.93. The maximum absolute atomic E-state index is 12.7. The van der Waals surface area contributed by atoms with Crippen LogP contribution >= 0.6 is 11.3 Å². The molecule has 1 aromatic carbocycles. The van der Waals surface area contributed by atoms with E-state index in [1.807, 2.05) is 38.2 Å². The normalized spacial score (nSPS) is 14.8. The Morgan fingerprint density at radius 3 is 2.65 bits per heavy atom. The van der Waals surface area contributed by atoms with Crippen LogP contribution in [-0.2, 0) is 4.79 Å². The zero-order valence-electron chi connectivity index (χ0n) is 17.6. The van der Waals surface area contributed by atoms with Gasteiger partial charge in [0.25, 0.3) is 0 Å². The minimum atomic E-state index is -0.00420. The Bertz CT molecular complexity index is 1220. The van der Waals surface area contributed by atoms with Gasteiger partial charge in [-0.25, -0.2) is 15.0 Å². The molecule has 7 nitrogen and oxygen atoms in total. The molecule has 1 saturated heterocycles. The lowest BCUT2D eigenvalue weighted by atomic mass is 9.96. The van der Waals surface area contributed by atoms with E-state index in [0.717, 1.165) is 53.7 Å². The zero-order valence-corrected chi connectivity index (χ0v) is 18.4. The maximum Gasteiger partial charge on any atom is 0.229 e. The first-order valence-corrected chi connectivity index (χ1v) is 11.3. The molecule has 4 aromatic rings. The van der Waals surface area contributed by atoms with Crippen LogP contribution in [0.5, 0.6) is 0 Å². The van der Waals surface area contributed by atoms with Crippen LogP contribution in [0.15, 0.2) is 48.9 Å². The van der Waals surface area contributed by atoms with Crippen LogP contribution in [0.1, 0.15) is 23.4 Å². The Kier molecular flexibility index (Phi) is 5.15. The van der Waals surface area contributed by atoms with Crippen LogP contribution < -0.4 is 10.2 Å². The summed E-state index contributed by atoms with van der Waals surface area (Å²) in [6.45, 7) is 5.56. The van der Waals surface area contributed by atoms with Gasteiger partial charge in [0.05, 0.1) is 11.2 Å². The van der Waals surface area contributed by atoms with Crippen LogP contribution in [0, 0.1) is 19.8 Å². The fraction of sp³-hybridized carbons (Fsp3) is 0.304. The summed E-state index contributed by atoms with van der Waals surface area (Å²) in [4.78, 5) is 29.4. The Hall–Kier alpha value is -3.26. The number of thiazole rings is 1. The van der Waals surface area contributed by atoms with Crippen molar-refractivity contribution in [1.82, 2.24) is 19.5 Å². The number of para-hydroxylation sites is 1. The number of amides is 1. The first-order valence-electron chi connectivity index (χ1n) is 10.5. The average Bonchev–Trinajstić information content (AvgIpc) is 3.36. The highest BCUT2D eigenvalue weighted by Gasteiger charge is 2.26. The van der Waals surface area contributed by atoms with Gasteiger partial charge in [0.1, 0.15) is 18.0 Å². The fourth-order valence-electron chi connectivity index (χ4n) is 4.03. The minimum absolute atomic E-state index is 0.00420. The molecule has 31 heavy (non-hydrogen) atoms. The lowest BCUT2D eigenvalue weighted by Gasteiger charge is -2.32. The van der Waals surface area contributed by atoms with Crippen molar-refractivity contribution in [3.8, 4) is 5.82 Å². The summed E-state index contributed by atoms with van der Waals surface area (Å²) in [5.74, 6) is 1.81. The molecule has 1 aliphatic rings. The molecule has 0 spiro atoms. The molecule has 0 saturated carbocycles. The molecule has 8 heteroatoms. The van der Waals surface area contributed by atoms with E-state index >= 15 is 0 Å². The molecule has 5 rings (SSSR count). The van der Waals surface area contributed by atoms with Gasteiger partial charge in [0.15, 0.2) is 5.13 Å². The molecular formula is C23H24N6OS. The van der Waals surface area contributed by atoms with Crippen molar-refractivity contribution >= 4 is 39.1 Å². The quantitative estimate of drug-likeness (QED) is 0.519. The molecule has 158 valence electrons. The second kappa shape index (κ2) is 8.11. The van der Waals surface area contributed by atoms with Crippen LogP contribution in [0.3, 0.4) is 0 Å². The van der Waals surface area contributed by atoms with Crippen molar-refractivity contribution in [3.05, 3.63) is 59.5 Å². The van der Waals surface area contributed by atoms with Gasteiger partial charge >= 0.3 is 0 Å². The molecule has 0 unspecified atom stereocenters. The minimum Gasteiger partial charge on any atom is -0.356 e. The lowest BCUT2D eigenvalue weighted by Crippen LogP contribution is -2.38. The van der Waals surface area contributed by atoms with E-state index in [9.17, 15) is 4.79 Å². The number of piperidine rings is 1. The number of nitrogens with zero attached hydrogens (tertiary/aromatic N) is 5. The van der Waals surface area contributed by atoms with Crippen molar-refractivity contribution in [2.24, 2.45) is 5.92 Å². The first kappa shape index (κ1) is 19.7. The highest BCUT2D eigenvalue weighted by atomic mass is 32.1. The van der Waals surface area contributed by atoms with Gasteiger partial charge < -0.3 is 14.8 Å². The lowest BCUT2D eigenvalue weighted by molar-refractivity contribution is -0.120. The predicted octanol–water partition coefficient (Wildman–Crippen LogP) is 4.35. The van der Waals surface area contributed by atoms with Gasteiger partial charge in [-0.3, -0.25) is 4.79 Å². The number of aromatic nitrogens is 4. The number of aryl methyl sites for hydroxylation is 2. The fourth-order valence-corrected chi connectivity index (χ4v) is 4.85. The molecule has 0 atom stereocenters. The summed E-state index contributed by atoms with van der Waals surface area (Å²) in [6, 6.07) is 12.4. The molecule has 3 aromatic heterocycles. The van der Waals surface area contributed by atoms with E-state index < -0.39 is 0 Å². The van der Waals surface area contributed by atoms with Crippen LogP contribution in [-0.4, -0.2) is 38.5 Å². The highest BCUT2D eigenvalue weighted by Crippen LogP contribution is 2.27. The summed E-state index contributed by atoms with van der Waals surface area (Å²) >= 11 is 1.53. The predicted molar refractivity (Wildman–Crippen MR) is 124 cm³/mol. The van der Waals surface area contributed by atoms with Crippen molar-refractivity contribution in [3.63, 3.8) is 0 Å². The Balaban J connectivity index is 1.26. The first-order chi connectivity index (χ1) is 15.1. The molecule has 0 radical (unpaired) electrons. The molecule has 0 bridgehead atoms. The van der Waals surface area contributed by atoms with Gasteiger partial charge in [0.2, 0.25) is 5.91 Å². The van der Waals surface area contributed by atoms with E-state index in [1.165, 1.54) is 16.7 Å². The number of nitrogens with one attached hydrogen (secondary N) is 1. The molecular weight excluding hydrogens is 408 g/mol. The van der Waals surface area contributed by atoms with Crippen molar-refractivity contribution in [1.29, 1.82) is 0 Å². The Morgan fingerprint density at radius 1 is 1.10 bits per heavy atom. The number of anilines is 2. The molecule has 4 heterocycles. The van der Waals surface area contributed by atoms with Gasteiger partial charge in [-0.05, 0) is 44.2 Å². The van der Waals surface area contributed by atoms with E-state index in [4.69, 9.17) is 0 Å². The molecule has 1 amide bonds.